The molecule has 0 N–H and O–H groups in total. The van der Waals surface area contributed by atoms with Gasteiger partial charge in [0, 0.05) is 6.21 Å². The Balaban J connectivity index is 2.08. The molecule has 0 aromatic carbocycles. The molecule has 0 aromatic heterocycles. The van der Waals surface area contributed by atoms with E-state index in [0.29, 0.717) is 12.2 Å². The molecule has 52 valence electrons. The highest BCUT2D eigenvalue weighted by Crippen LogP contribution is 2.31. The fourth-order valence-electron chi connectivity index (χ4n) is 1.13. The van der Waals surface area contributed by atoms with Gasteiger partial charge < -0.3 is 4.74 Å². The Kier molecular flexibility index (Phi) is 0.952. The van der Waals surface area contributed by atoms with Crippen molar-refractivity contribution in [2.24, 2.45) is 10.9 Å². The second-order valence-electron chi connectivity index (χ2n) is 2.54. The van der Waals surface area contributed by atoms with E-state index >= 15 is 0 Å². The average molecular weight is 137 g/mol. The van der Waals surface area contributed by atoms with Crippen molar-refractivity contribution in [3.63, 3.8) is 0 Å². The summed E-state index contributed by atoms with van der Waals surface area (Å²) in [5.41, 5.74) is 0. The van der Waals surface area contributed by atoms with Gasteiger partial charge >= 0.3 is 5.97 Å². The van der Waals surface area contributed by atoms with E-state index < -0.39 is 0 Å². The number of carbonyl (C=O) groups is 1. The summed E-state index contributed by atoms with van der Waals surface area (Å²) >= 11 is 0. The van der Waals surface area contributed by atoms with Crippen molar-refractivity contribution in [3.8, 4) is 0 Å². The Bertz CT molecular complexity index is 226. The number of carbonyl (C=O) groups excluding carboxylic acids is 1. The molecule has 2 aliphatic heterocycles. The summed E-state index contributed by atoms with van der Waals surface area (Å²) in [5, 5.41) is 0. The molecule has 10 heavy (non-hydrogen) atoms. The Labute approximate surface area is 58.4 Å². The quantitative estimate of drug-likeness (QED) is 0.494. The van der Waals surface area contributed by atoms with Gasteiger partial charge in [0.25, 0.3) is 0 Å². The minimum absolute atomic E-state index is 0.132. The van der Waals surface area contributed by atoms with E-state index in [2.05, 4.69) is 11.6 Å². The monoisotopic (exact) mass is 137 g/mol. The summed E-state index contributed by atoms with van der Waals surface area (Å²) < 4.78 is 4.76. The molecule has 1 saturated heterocycles. The zero-order chi connectivity index (χ0) is 7.14. The molecule has 0 radical (unpaired) electrons. The van der Waals surface area contributed by atoms with Gasteiger partial charge in [-0.25, -0.2) is 0 Å². The highest BCUT2D eigenvalue weighted by Gasteiger charge is 2.37. The molecule has 2 unspecified atom stereocenters. The van der Waals surface area contributed by atoms with Gasteiger partial charge in [-0.3, -0.25) is 9.79 Å². The molecule has 0 amide bonds. The molecule has 2 atom stereocenters. The smallest absolute Gasteiger partial charge is 0.311 e. The number of aliphatic imine (C=N–C) groups is 1. The van der Waals surface area contributed by atoms with Gasteiger partial charge in [0.05, 0.1) is 18.4 Å². The summed E-state index contributed by atoms with van der Waals surface area (Å²) in [4.78, 5) is 14.6. The molecular weight excluding hydrogens is 130 g/mol. The normalized spacial score (nSPS) is 36.4. The molecule has 0 aromatic rings. The van der Waals surface area contributed by atoms with Gasteiger partial charge in [0.15, 0.2) is 0 Å². The maximum absolute atomic E-state index is 10.7. The average Bonchev–Trinajstić information content (AvgIpc) is 2.61. The maximum Gasteiger partial charge on any atom is 0.311 e. The predicted molar refractivity (Wildman–Crippen MR) is 35.6 cm³/mol. The summed E-state index contributed by atoms with van der Waals surface area (Å²) in [6.45, 7) is 3.62. The van der Waals surface area contributed by atoms with Crippen LogP contribution in [-0.2, 0) is 9.53 Å². The zero-order valence-electron chi connectivity index (χ0n) is 5.41. The van der Waals surface area contributed by atoms with E-state index in [0.717, 1.165) is 0 Å². The highest BCUT2D eigenvalue weighted by atomic mass is 16.5. The van der Waals surface area contributed by atoms with Crippen LogP contribution in [0, 0.1) is 5.92 Å². The summed E-state index contributed by atoms with van der Waals surface area (Å²) in [6, 6.07) is 0.207. The number of esters is 1. The van der Waals surface area contributed by atoms with Crippen LogP contribution in [0.3, 0.4) is 0 Å². The lowest BCUT2D eigenvalue weighted by Gasteiger charge is -2.01. The van der Waals surface area contributed by atoms with Crippen molar-refractivity contribution in [1.82, 2.24) is 0 Å². The number of ether oxygens (including phenoxy) is 1. The standard InChI is InChI=1S/C7H7NO2/c1-4-5(6-3-8-6)2-7(9)10-4/h3,5-6H,1-2H2. The van der Waals surface area contributed by atoms with Crippen molar-refractivity contribution in [1.29, 1.82) is 0 Å². The van der Waals surface area contributed by atoms with Crippen LogP contribution in [0.15, 0.2) is 17.3 Å². The van der Waals surface area contributed by atoms with E-state index in [9.17, 15) is 4.79 Å². The number of cyclic esters (lactones) is 1. The maximum atomic E-state index is 10.7. The van der Waals surface area contributed by atoms with Crippen molar-refractivity contribution < 1.29 is 9.53 Å². The van der Waals surface area contributed by atoms with E-state index in [1.54, 1.807) is 0 Å². The molecule has 3 heteroatoms. The first-order valence-corrected chi connectivity index (χ1v) is 3.20. The van der Waals surface area contributed by atoms with E-state index in [1.807, 2.05) is 6.21 Å². The Hall–Kier alpha value is -1.12. The van der Waals surface area contributed by atoms with Crippen LogP contribution >= 0.6 is 0 Å². The van der Waals surface area contributed by atoms with Crippen molar-refractivity contribution in [3.05, 3.63) is 12.3 Å². The number of hydrogen-bond acceptors (Lipinski definition) is 3. The SMILES string of the molecule is C=C1OC(=O)CC1C1C=N1. The molecule has 2 heterocycles. The molecule has 2 aliphatic rings. The number of rotatable bonds is 1. The van der Waals surface area contributed by atoms with Crippen molar-refractivity contribution in [2.45, 2.75) is 12.5 Å². The molecule has 0 aliphatic carbocycles. The third kappa shape index (κ3) is 0.744. The number of hydrogen-bond donors (Lipinski definition) is 0. The van der Waals surface area contributed by atoms with Crippen LogP contribution < -0.4 is 0 Å². The summed E-state index contributed by atoms with van der Waals surface area (Å²) in [6.07, 6.45) is 2.27. The largest absolute Gasteiger partial charge is 0.431 e. The zero-order valence-corrected chi connectivity index (χ0v) is 5.41. The fraction of sp³-hybridized carbons (Fsp3) is 0.429. The van der Waals surface area contributed by atoms with E-state index in [1.165, 1.54) is 0 Å². The van der Waals surface area contributed by atoms with Crippen LogP contribution in [0.25, 0.3) is 0 Å². The van der Waals surface area contributed by atoms with Gasteiger partial charge in [0.1, 0.15) is 5.76 Å². The minimum atomic E-state index is -0.175. The minimum Gasteiger partial charge on any atom is -0.431 e. The van der Waals surface area contributed by atoms with Crippen molar-refractivity contribution in [2.75, 3.05) is 0 Å². The van der Waals surface area contributed by atoms with Crippen LogP contribution in [0.1, 0.15) is 6.42 Å². The summed E-state index contributed by atoms with van der Waals surface area (Å²) in [7, 11) is 0. The molecule has 3 nitrogen and oxygen atoms in total. The Morgan fingerprint density at radius 3 is 2.90 bits per heavy atom. The van der Waals surface area contributed by atoms with E-state index in [-0.39, 0.29) is 17.9 Å². The lowest BCUT2D eigenvalue weighted by atomic mass is 10.0. The second kappa shape index (κ2) is 1.68. The third-order valence-electron chi connectivity index (χ3n) is 1.78. The lowest BCUT2D eigenvalue weighted by molar-refractivity contribution is -0.135. The first-order valence-electron chi connectivity index (χ1n) is 3.20. The van der Waals surface area contributed by atoms with E-state index in [4.69, 9.17) is 4.74 Å². The van der Waals surface area contributed by atoms with Crippen LogP contribution in [-0.4, -0.2) is 18.2 Å². The molecular formula is C7H7NO2. The lowest BCUT2D eigenvalue weighted by Crippen LogP contribution is -2.06. The first-order chi connectivity index (χ1) is 4.77. The predicted octanol–water partition coefficient (Wildman–Crippen LogP) is 0.516. The van der Waals surface area contributed by atoms with Crippen molar-refractivity contribution >= 4 is 12.2 Å². The third-order valence-corrected chi connectivity index (χ3v) is 1.78. The van der Waals surface area contributed by atoms with Gasteiger partial charge in [-0.1, -0.05) is 6.58 Å². The summed E-state index contributed by atoms with van der Waals surface area (Å²) in [5.74, 6) is 0.533. The molecule has 0 bridgehead atoms. The molecule has 1 fully saturated rings. The molecule has 0 saturated carbocycles. The topological polar surface area (TPSA) is 38.7 Å². The number of nitrogens with zero attached hydrogens (tertiary/aromatic N) is 1. The second-order valence-corrected chi connectivity index (χ2v) is 2.54. The van der Waals surface area contributed by atoms with Gasteiger partial charge in [0.2, 0.25) is 0 Å². The fourth-order valence-corrected chi connectivity index (χ4v) is 1.13. The molecule has 2 rings (SSSR count). The Morgan fingerprint density at radius 1 is 1.80 bits per heavy atom. The van der Waals surface area contributed by atoms with Crippen LogP contribution in [0.5, 0.6) is 0 Å². The highest BCUT2D eigenvalue weighted by molar-refractivity contribution is 5.82. The van der Waals surface area contributed by atoms with Gasteiger partial charge in [-0.2, -0.15) is 0 Å². The first kappa shape index (κ1) is 5.65. The van der Waals surface area contributed by atoms with Crippen LogP contribution in [0.2, 0.25) is 0 Å². The Morgan fingerprint density at radius 2 is 2.50 bits per heavy atom. The van der Waals surface area contributed by atoms with Gasteiger partial charge in [-0.15, -0.1) is 0 Å². The molecule has 0 spiro atoms. The van der Waals surface area contributed by atoms with Gasteiger partial charge in [-0.05, 0) is 0 Å². The van der Waals surface area contributed by atoms with Crippen LogP contribution in [0.4, 0.5) is 0 Å².